The zero-order valence-electron chi connectivity index (χ0n) is 13.1. The predicted octanol–water partition coefficient (Wildman–Crippen LogP) is 2.98. The number of benzene rings is 1. The van der Waals surface area contributed by atoms with Crippen molar-refractivity contribution in [1.29, 1.82) is 0 Å². The molecule has 2 aromatic heterocycles. The Hall–Kier alpha value is -2.78. The maximum atomic E-state index is 13.5. The van der Waals surface area contributed by atoms with E-state index in [0.29, 0.717) is 11.2 Å². The van der Waals surface area contributed by atoms with Gasteiger partial charge in [-0.1, -0.05) is 23.2 Å². The molecule has 1 amide bonds. The van der Waals surface area contributed by atoms with E-state index in [9.17, 15) is 14.0 Å². The van der Waals surface area contributed by atoms with Crippen LogP contribution in [0.25, 0.3) is 11.2 Å². The molecule has 2 heterocycles. The molecule has 134 valence electrons. The number of rotatable bonds is 4. The van der Waals surface area contributed by atoms with Gasteiger partial charge in [0, 0.05) is 0 Å². The summed E-state index contributed by atoms with van der Waals surface area (Å²) in [7, 11) is 0. The van der Waals surface area contributed by atoms with E-state index >= 15 is 0 Å². The molecule has 3 rings (SSSR count). The number of H-pyrrole nitrogens is 1. The molecule has 1 unspecified atom stereocenters. The summed E-state index contributed by atoms with van der Waals surface area (Å²) in [5.41, 5.74) is 0.539. The number of carbonyl (C=O) groups excluding carboxylic acids is 2. The van der Waals surface area contributed by atoms with Crippen molar-refractivity contribution in [2.24, 2.45) is 0 Å². The lowest BCUT2D eigenvalue weighted by molar-refractivity contribution is -0.123. The topological polar surface area (TPSA) is 110 Å². The lowest BCUT2D eigenvalue weighted by atomic mass is 10.2. The Morgan fingerprint density at radius 3 is 2.77 bits per heavy atom. The molecule has 2 N–H and O–H groups in total. The number of hydrogen-bond acceptors (Lipinski definition) is 6. The number of esters is 1. The first-order valence-electron chi connectivity index (χ1n) is 7.17. The smallest absolute Gasteiger partial charge is 0.340 e. The van der Waals surface area contributed by atoms with Crippen LogP contribution in [0.1, 0.15) is 17.3 Å². The van der Waals surface area contributed by atoms with Crippen molar-refractivity contribution in [3.63, 3.8) is 0 Å². The van der Waals surface area contributed by atoms with Crippen molar-refractivity contribution in [3.05, 3.63) is 46.2 Å². The van der Waals surface area contributed by atoms with Crippen molar-refractivity contribution < 1.29 is 18.7 Å². The number of halogens is 3. The largest absolute Gasteiger partial charge is 0.449 e. The minimum atomic E-state index is -1.20. The predicted molar refractivity (Wildman–Crippen MR) is 91.6 cm³/mol. The summed E-state index contributed by atoms with van der Waals surface area (Å²) >= 11 is 11.4. The minimum absolute atomic E-state index is 0.0935. The van der Waals surface area contributed by atoms with Gasteiger partial charge in [-0.05, 0) is 19.1 Å². The van der Waals surface area contributed by atoms with E-state index in [1.165, 1.54) is 19.6 Å². The van der Waals surface area contributed by atoms with Crippen LogP contribution < -0.4 is 5.32 Å². The van der Waals surface area contributed by atoms with Gasteiger partial charge in [0.2, 0.25) is 0 Å². The fraction of sp³-hybridized carbons (Fsp3) is 0.133. The van der Waals surface area contributed by atoms with E-state index in [0.717, 1.165) is 12.1 Å². The van der Waals surface area contributed by atoms with Crippen LogP contribution in [-0.4, -0.2) is 37.9 Å². The molecule has 26 heavy (non-hydrogen) atoms. The number of aromatic nitrogens is 4. The summed E-state index contributed by atoms with van der Waals surface area (Å²) in [4.78, 5) is 38.9. The first-order valence-corrected chi connectivity index (χ1v) is 7.93. The number of nitrogens with one attached hydrogen (secondary N) is 2. The summed E-state index contributed by atoms with van der Waals surface area (Å²) in [6.45, 7) is 1.35. The van der Waals surface area contributed by atoms with Crippen LogP contribution in [0.3, 0.4) is 0 Å². The summed E-state index contributed by atoms with van der Waals surface area (Å²) in [5.74, 6) is -2.28. The van der Waals surface area contributed by atoms with Gasteiger partial charge in [-0.3, -0.25) is 4.79 Å². The van der Waals surface area contributed by atoms with E-state index in [1.54, 1.807) is 0 Å². The fourth-order valence-corrected chi connectivity index (χ4v) is 2.50. The van der Waals surface area contributed by atoms with Gasteiger partial charge in [0.1, 0.15) is 17.7 Å². The number of imidazole rings is 1. The van der Waals surface area contributed by atoms with Crippen LogP contribution in [0, 0.1) is 5.82 Å². The number of nitrogens with zero attached hydrogens (tertiary/aromatic N) is 3. The Morgan fingerprint density at radius 2 is 2.00 bits per heavy atom. The Balaban J connectivity index is 1.72. The number of ether oxygens (including phenoxy) is 1. The van der Waals surface area contributed by atoms with E-state index in [4.69, 9.17) is 27.9 Å². The summed E-state index contributed by atoms with van der Waals surface area (Å²) in [6, 6.07) is 1.92. The van der Waals surface area contributed by atoms with Gasteiger partial charge in [0.05, 0.1) is 21.9 Å². The quantitative estimate of drug-likeness (QED) is 0.517. The van der Waals surface area contributed by atoms with Crippen LogP contribution >= 0.6 is 23.2 Å². The second-order valence-electron chi connectivity index (χ2n) is 5.11. The molecule has 0 fully saturated rings. The number of hydrogen-bond donors (Lipinski definition) is 2. The molecule has 0 radical (unpaired) electrons. The molecular formula is C15H10Cl2FN5O3. The highest BCUT2D eigenvalue weighted by Gasteiger charge is 2.23. The fourth-order valence-electron chi connectivity index (χ4n) is 2.03. The van der Waals surface area contributed by atoms with Crippen LogP contribution in [0.2, 0.25) is 10.0 Å². The van der Waals surface area contributed by atoms with E-state index in [2.05, 4.69) is 25.3 Å². The van der Waals surface area contributed by atoms with Gasteiger partial charge in [0.25, 0.3) is 5.91 Å². The number of amides is 1. The monoisotopic (exact) mass is 397 g/mol. The maximum Gasteiger partial charge on any atom is 0.340 e. The lowest BCUT2D eigenvalue weighted by Crippen LogP contribution is -2.30. The third-order valence-electron chi connectivity index (χ3n) is 3.35. The Bertz CT molecular complexity index is 1010. The van der Waals surface area contributed by atoms with Crippen LogP contribution in [0.15, 0.2) is 24.8 Å². The molecule has 0 aliphatic rings. The number of aromatic amines is 1. The van der Waals surface area contributed by atoms with Gasteiger partial charge < -0.3 is 15.0 Å². The highest BCUT2D eigenvalue weighted by molar-refractivity contribution is 6.36. The third-order valence-corrected chi connectivity index (χ3v) is 3.95. The molecule has 0 aliphatic heterocycles. The first kappa shape index (κ1) is 18.0. The standard InChI is InChI=1S/C15H10Cl2FN5O3/c1-6(26-15(25)7-2-10(18)9(17)3-8(7)16)14(24)23-13-11-12(20-4-19-11)21-5-22-13/h2-6H,1H3,(H2,19,20,21,22,23,24). The normalized spacial score (nSPS) is 12.0. The highest BCUT2D eigenvalue weighted by atomic mass is 35.5. The average molecular weight is 398 g/mol. The molecule has 1 aromatic carbocycles. The van der Waals surface area contributed by atoms with Gasteiger partial charge in [-0.25, -0.2) is 24.1 Å². The molecule has 0 saturated heterocycles. The van der Waals surface area contributed by atoms with Crippen LogP contribution in [0.5, 0.6) is 0 Å². The van der Waals surface area contributed by atoms with Crippen LogP contribution in [0.4, 0.5) is 10.2 Å². The molecular weight excluding hydrogens is 388 g/mol. The second-order valence-corrected chi connectivity index (χ2v) is 5.92. The lowest BCUT2D eigenvalue weighted by Gasteiger charge is -2.14. The van der Waals surface area contributed by atoms with Crippen molar-refractivity contribution in [3.8, 4) is 0 Å². The number of carbonyl (C=O) groups is 2. The molecule has 11 heteroatoms. The molecule has 0 aliphatic carbocycles. The van der Waals surface area contributed by atoms with Gasteiger partial charge in [-0.15, -0.1) is 0 Å². The average Bonchev–Trinajstić information content (AvgIpc) is 3.07. The van der Waals surface area contributed by atoms with Gasteiger partial charge in [0.15, 0.2) is 17.6 Å². The third kappa shape index (κ3) is 3.58. The van der Waals surface area contributed by atoms with Gasteiger partial charge in [-0.2, -0.15) is 0 Å². The SMILES string of the molecule is CC(OC(=O)c1cc(F)c(Cl)cc1Cl)C(=O)Nc1ncnc2nc[nH]c12. The van der Waals surface area contributed by atoms with E-state index in [1.807, 2.05) is 0 Å². The Labute approximate surface area is 155 Å². The first-order chi connectivity index (χ1) is 12.4. The zero-order valence-corrected chi connectivity index (χ0v) is 14.6. The van der Waals surface area contributed by atoms with E-state index in [-0.39, 0.29) is 21.4 Å². The summed E-state index contributed by atoms with van der Waals surface area (Å²) < 4.78 is 18.5. The maximum absolute atomic E-state index is 13.5. The van der Waals surface area contributed by atoms with E-state index < -0.39 is 23.8 Å². The molecule has 3 aromatic rings. The van der Waals surface area contributed by atoms with Crippen molar-refractivity contribution in [2.75, 3.05) is 5.32 Å². The Morgan fingerprint density at radius 1 is 1.23 bits per heavy atom. The minimum Gasteiger partial charge on any atom is -0.449 e. The molecule has 0 bridgehead atoms. The summed E-state index contributed by atoms with van der Waals surface area (Å²) in [5, 5.41) is 2.17. The highest BCUT2D eigenvalue weighted by Crippen LogP contribution is 2.25. The zero-order chi connectivity index (χ0) is 18.8. The number of fused-ring (bicyclic) bond motifs is 1. The van der Waals surface area contributed by atoms with Gasteiger partial charge >= 0.3 is 5.97 Å². The van der Waals surface area contributed by atoms with Crippen molar-refractivity contribution in [2.45, 2.75) is 13.0 Å². The number of anilines is 1. The van der Waals surface area contributed by atoms with Crippen molar-refractivity contribution >= 4 is 52.1 Å². The second kappa shape index (κ2) is 7.22. The summed E-state index contributed by atoms with van der Waals surface area (Å²) in [6.07, 6.45) is 1.42. The Kier molecular flexibility index (Phi) is 5.01. The molecule has 0 saturated carbocycles. The molecule has 0 spiro atoms. The van der Waals surface area contributed by atoms with Crippen LogP contribution in [-0.2, 0) is 9.53 Å². The van der Waals surface area contributed by atoms with Crippen molar-refractivity contribution in [1.82, 2.24) is 19.9 Å². The molecule has 8 nitrogen and oxygen atoms in total. The molecule has 1 atom stereocenters.